The van der Waals surface area contributed by atoms with E-state index in [-0.39, 0.29) is 0 Å². The van der Waals surface area contributed by atoms with Crippen molar-refractivity contribution in [2.75, 3.05) is 19.7 Å². The number of aliphatic hydroxyl groups excluding tert-OH is 1. The lowest BCUT2D eigenvalue weighted by Gasteiger charge is -2.53. The predicted molar refractivity (Wildman–Crippen MR) is 82.6 cm³/mol. The standard InChI is InChI=1S/C17H25ClNO/c18-16-8-6-14(7-9-16)12-19-10-2-1-5-17(19)15(13-20)4-3-11-19/h6-9,15,17,20H,1-5,10-13H2/q+1/t15-,17+,19-/m0/s1. The van der Waals surface area contributed by atoms with Gasteiger partial charge in [-0.25, -0.2) is 0 Å². The summed E-state index contributed by atoms with van der Waals surface area (Å²) in [7, 11) is 0. The Labute approximate surface area is 127 Å². The van der Waals surface area contributed by atoms with Crippen molar-refractivity contribution >= 4 is 11.6 Å². The molecule has 20 heavy (non-hydrogen) atoms. The second kappa shape index (κ2) is 6.05. The fourth-order valence-electron chi connectivity index (χ4n) is 4.48. The van der Waals surface area contributed by atoms with Crippen LogP contribution < -0.4 is 0 Å². The predicted octanol–water partition coefficient (Wildman–Crippen LogP) is 3.61. The van der Waals surface area contributed by atoms with E-state index in [4.69, 9.17) is 11.6 Å². The van der Waals surface area contributed by atoms with Crippen LogP contribution in [0.3, 0.4) is 0 Å². The van der Waals surface area contributed by atoms with Gasteiger partial charge in [-0.05, 0) is 37.8 Å². The zero-order valence-corrected chi connectivity index (χ0v) is 12.9. The van der Waals surface area contributed by atoms with Crippen molar-refractivity contribution in [2.45, 2.75) is 44.7 Å². The molecule has 3 rings (SSSR count). The van der Waals surface area contributed by atoms with Crippen LogP contribution in [0.25, 0.3) is 0 Å². The number of aliphatic hydroxyl groups is 1. The first kappa shape index (κ1) is 14.4. The third-order valence-corrected chi connectivity index (χ3v) is 5.68. The van der Waals surface area contributed by atoms with E-state index in [1.54, 1.807) is 0 Å². The number of hydrogen-bond acceptors (Lipinski definition) is 1. The molecule has 2 aliphatic rings. The second-order valence-electron chi connectivity index (χ2n) is 6.60. The maximum absolute atomic E-state index is 9.72. The first-order valence-corrected chi connectivity index (χ1v) is 8.32. The molecule has 0 aromatic heterocycles. The van der Waals surface area contributed by atoms with E-state index in [1.165, 1.54) is 55.2 Å². The lowest BCUT2D eigenvalue weighted by Crippen LogP contribution is -2.63. The van der Waals surface area contributed by atoms with Gasteiger partial charge in [0.15, 0.2) is 0 Å². The van der Waals surface area contributed by atoms with Crippen molar-refractivity contribution in [1.82, 2.24) is 0 Å². The zero-order chi connectivity index (χ0) is 14.0. The Morgan fingerprint density at radius 2 is 1.80 bits per heavy atom. The molecule has 1 aromatic rings. The van der Waals surface area contributed by atoms with Gasteiger partial charge < -0.3 is 9.59 Å². The zero-order valence-electron chi connectivity index (χ0n) is 12.1. The minimum Gasteiger partial charge on any atom is -0.396 e. The third-order valence-electron chi connectivity index (χ3n) is 5.42. The first-order valence-electron chi connectivity index (χ1n) is 7.95. The van der Waals surface area contributed by atoms with Crippen LogP contribution in [0.15, 0.2) is 24.3 Å². The van der Waals surface area contributed by atoms with Gasteiger partial charge in [0.25, 0.3) is 0 Å². The number of quaternary nitrogens is 1. The molecule has 2 saturated heterocycles. The maximum Gasteiger partial charge on any atom is 0.105 e. The molecule has 3 atom stereocenters. The van der Waals surface area contributed by atoms with Crippen LogP contribution >= 0.6 is 11.6 Å². The largest absolute Gasteiger partial charge is 0.396 e. The van der Waals surface area contributed by atoms with Gasteiger partial charge in [0.1, 0.15) is 6.54 Å². The van der Waals surface area contributed by atoms with E-state index in [2.05, 4.69) is 12.1 Å². The summed E-state index contributed by atoms with van der Waals surface area (Å²) in [5.74, 6) is 0.511. The number of rotatable bonds is 3. The summed E-state index contributed by atoms with van der Waals surface area (Å²) < 4.78 is 1.20. The molecule has 3 heteroatoms. The summed E-state index contributed by atoms with van der Waals surface area (Å²) in [4.78, 5) is 0. The highest BCUT2D eigenvalue weighted by Gasteiger charge is 2.45. The van der Waals surface area contributed by atoms with E-state index in [0.29, 0.717) is 18.6 Å². The van der Waals surface area contributed by atoms with Gasteiger partial charge in [-0.15, -0.1) is 0 Å². The highest BCUT2D eigenvalue weighted by Crippen LogP contribution is 2.39. The minimum absolute atomic E-state index is 0.366. The molecule has 2 nitrogen and oxygen atoms in total. The van der Waals surface area contributed by atoms with Gasteiger partial charge in [0.2, 0.25) is 0 Å². The fourth-order valence-corrected chi connectivity index (χ4v) is 4.61. The SMILES string of the molecule is OC[C@@H]1CCC[N@+]2(Cc3ccc(Cl)cc3)CCCC[C@H]12. The van der Waals surface area contributed by atoms with Gasteiger partial charge >= 0.3 is 0 Å². The van der Waals surface area contributed by atoms with Crippen molar-refractivity contribution in [3.8, 4) is 0 Å². The van der Waals surface area contributed by atoms with Crippen molar-refractivity contribution in [2.24, 2.45) is 5.92 Å². The quantitative estimate of drug-likeness (QED) is 0.845. The van der Waals surface area contributed by atoms with Crippen molar-refractivity contribution in [3.63, 3.8) is 0 Å². The molecule has 0 aliphatic carbocycles. The van der Waals surface area contributed by atoms with Crippen molar-refractivity contribution in [3.05, 3.63) is 34.9 Å². The number of hydrogen-bond donors (Lipinski definition) is 1. The molecule has 0 bridgehead atoms. The Hall–Kier alpha value is -0.570. The third kappa shape index (κ3) is 2.74. The lowest BCUT2D eigenvalue weighted by atomic mass is 9.81. The number of nitrogens with zero attached hydrogens (tertiary/aromatic N) is 1. The minimum atomic E-state index is 0.366. The monoisotopic (exact) mass is 294 g/mol. The van der Waals surface area contributed by atoms with Crippen LogP contribution in [0.1, 0.15) is 37.7 Å². The van der Waals surface area contributed by atoms with E-state index in [9.17, 15) is 5.11 Å². The fraction of sp³-hybridized carbons (Fsp3) is 0.647. The van der Waals surface area contributed by atoms with Gasteiger partial charge in [-0.3, -0.25) is 0 Å². The summed E-state index contributed by atoms with van der Waals surface area (Å²) >= 11 is 6.00. The summed E-state index contributed by atoms with van der Waals surface area (Å²) in [5, 5.41) is 10.5. The molecule has 2 aliphatic heterocycles. The molecular weight excluding hydrogens is 270 g/mol. The molecule has 2 fully saturated rings. The topological polar surface area (TPSA) is 20.2 Å². The average Bonchev–Trinajstić information content (AvgIpc) is 2.49. The first-order chi connectivity index (χ1) is 9.73. The summed E-state index contributed by atoms with van der Waals surface area (Å²) in [6, 6.07) is 9.01. The van der Waals surface area contributed by atoms with Gasteiger partial charge in [0.05, 0.1) is 25.7 Å². The Balaban J connectivity index is 1.84. The van der Waals surface area contributed by atoms with Gasteiger partial charge in [-0.2, -0.15) is 0 Å². The maximum atomic E-state index is 9.72. The summed E-state index contributed by atoms with van der Waals surface area (Å²) in [5.41, 5.74) is 1.39. The highest BCUT2D eigenvalue weighted by atomic mass is 35.5. The lowest BCUT2D eigenvalue weighted by molar-refractivity contribution is -0.976. The van der Waals surface area contributed by atoms with Crippen molar-refractivity contribution in [1.29, 1.82) is 0 Å². The Bertz CT molecular complexity index is 443. The highest BCUT2D eigenvalue weighted by molar-refractivity contribution is 6.30. The summed E-state index contributed by atoms with van der Waals surface area (Å²) in [6.07, 6.45) is 6.43. The molecule has 0 spiro atoms. The Morgan fingerprint density at radius 1 is 1.05 bits per heavy atom. The van der Waals surface area contributed by atoms with Gasteiger partial charge in [-0.1, -0.05) is 23.7 Å². The van der Waals surface area contributed by atoms with Crippen LogP contribution in [0.2, 0.25) is 5.02 Å². The van der Waals surface area contributed by atoms with Crippen LogP contribution in [0.5, 0.6) is 0 Å². The van der Waals surface area contributed by atoms with Gasteiger partial charge in [0, 0.05) is 22.9 Å². The number of fused-ring (bicyclic) bond motifs is 1. The van der Waals surface area contributed by atoms with E-state index in [1.807, 2.05) is 12.1 Å². The molecule has 2 heterocycles. The van der Waals surface area contributed by atoms with Crippen LogP contribution in [-0.2, 0) is 6.54 Å². The van der Waals surface area contributed by atoms with Crippen molar-refractivity contribution < 1.29 is 9.59 Å². The normalized spacial score (nSPS) is 33.7. The average molecular weight is 295 g/mol. The Morgan fingerprint density at radius 3 is 2.55 bits per heavy atom. The molecule has 0 amide bonds. The molecule has 1 N–H and O–H groups in total. The second-order valence-corrected chi connectivity index (χ2v) is 7.03. The van der Waals surface area contributed by atoms with E-state index < -0.39 is 0 Å². The molecule has 0 saturated carbocycles. The molecule has 0 radical (unpaired) electrons. The molecule has 110 valence electrons. The number of benzene rings is 1. The van der Waals surface area contributed by atoms with Crippen LogP contribution in [-0.4, -0.2) is 35.3 Å². The molecule has 1 aromatic carbocycles. The molecule has 0 unspecified atom stereocenters. The molecular formula is C17H25ClNO+. The van der Waals surface area contributed by atoms with Crippen LogP contribution in [0, 0.1) is 5.92 Å². The smallest absolute Gasteiger partial charge is 0.105 e. The van der Waals surface area contributed by atoms with E-state index >= 15 is 0 Å². The summed E-state index contributed by atoms with van der Waals surface area (Å²) in [6.45, 7) is 4.04. The number of piperidine rings is 2. The Kier molecular flexibility index (Phi) is 4.34. The van der Waals surface area contributed by atoms with E-state index in [0.717, 1.165) is 11.6 Å². The number of halogens is 1. The van der Waals surface area contributed by atoms with Crippen LogP contribution in [0.4, 0.5) is 0 Å².